The average Bonchev–Trinajstić information content (AvgIpc) is 3.03. The van der Waals surface area contributed by atoms with Crippen LogP contribution in [-0.2, 0) is 9.53 Å². The number of Topliss-reactive ketones (excluding diaryl/α,β-unsaturated/α-hetero) is 1. The number of para-hydroxylation sites is 1. The van der Waals surface area contributed by atoms with E-state index in [4.69, 9.17) is 4.74 Å². The monoisotopic (exact) mass is 331 g/mol. The maximum atomic E-state index is 12.2. The number of ether oxygens (including phenoxy) is 1. The second-order valence-corrected chi connectivity index (χ2v) is 5.96. The van der Waals surface area contributed by atoms with Crippen LogP contribution in [0.2, 0.25) is 0 Å². The van der Waals surface area contributed by atoms with Crippen molar-refractivity contribution in [3.63, 3.8) is 0 Å². The van der Waals surface area contributed by atoms with E-state index in [1.54, 1.807) is 37.3 Å². The molecule has 0 aliphatic heterocycles. The molecule has 120 valence electrons. The summed E-state index contributed by atoms with van der Waals surface area (Å²) in [6, 6.07) is 12.1. The predicted molar refractivity (Wildman–Crippen MR) is 88.9 cm³/mol. The Bertz CT molecular complexity index is 708. The number of carbonyl (C=O) groups excluding carboxylic acids is 3. The zero-order valence-corrected chi connectivity index (χ0v) is 13.7. The Morgan fingerprint density at radius 2 is 1.74 bits per heavy atom. The highest BCUT2D eigenvalue weighted by Gasteiger charge is 2.23. The van der Waals surface area contributed by atoms with E-state index in [2.05, 4.69) is 5.32 Å². The Labute approximate surface area is 138 Å². The quantitative estimate of drug-likeness (QED) is 0.649. The smallest absolute Gasteiger partial charge is 0.349 e. The van der Waals surface area contributed by atoms with Gasteiger partial charge in [0.05, 0.1) is 4.88 Å². The number of esters is 1. The Hall–Kier alpha value is -2.47. The van der Waals surface area contributed by atoms with Crippen molar-refractivity contribution in [1.29, 1.82) is 0 Å². The van der Waals surface area contributed by atoms with E-state index >= 15 is 0 Å². The summed E-state index contributed by atoms with van der Waals surface area (Å²) in [6.07, 6.45) is -0.527. The second-order valence-electron chi connectivity index (χ2n) is 4.88. The van der Waals surface area contributed by atoms with Crippen LogP contribution in [0.3, 0.4) is 0 Å². The van der Waals surface area contributed by atoms with Crippen LogP contribution in [0, 0.1) is 0 Å². The first-order valence-corrected chi connectivity index (χ1v) is 8.00. The van der Waals surface area contributed by atoms with Crippen LogP contribution < -0.4 is 5.32 Å². The number of carbonyl (C=O) groups is 3. The highest BCUT2D eigenvalue weighted by molar-refractivity contribution is 7.15. The van der Waals surface area contributed by atoms with Crippen molar-refractivity contribution in [2.75, 3.05) is 5.32 Å². The highest BCUT2D eigenvalue weighted by atomic mass is 32.1. The minimum atomic E-state index is -0.884. The van der Waals surface area contributed by atoms with Crippen molar-refractivity contribution in [1.82, 2.24) is 0 Å². The molecule has 5 nitrogen and oxygen atoms in total. The lowest BCUT2D eigenvalue weighted by Crippen LogP contribution is -2.31. The largest absolute Gasteiger partial charge is 0.448 e. The van der Waals surface area contributed by atoms with E-state index in [9.17, 15) is 14.4 Å². The first-order valence-electron chi connectivity index (χ1n) is 7.19. The van der Waals surface area contributed by atoms with Gasteiger partial charge in [0.2, 0.25) is 0 Å². The highest BCUT2D eigenvalue weighted by Crippen LogP contribution is 2.19. The number of hydrogen-bond donors (Lipinski definition) is 1. The molecule has 0 radical (unpaired) electrons. The maximum Gasteiger partial charge on any atom is 0.349 e. The van der Waals surface area contributed by atoms with Gasteiger partial charge in [0.25, 0.3) is 5.91 Å². The van der Waals surface area contributed by atoms with Gasteiger partial charge in [-0.15, -0.1) is 11.3 Å². The van der Waals surface area contributed by atoms with Crippen molar-refractivity contribution in [2.24, 2.45) is 0 Å². The molecule has 2 rings (SSSR count). The van der Waals surface area contributed by atoms with E-state index in [-0.39, 0.29) is 11.7 Å². The van der Waals surface area contributed by atoms with E-state index in [1.807, 2.05) is 6.07 Å². The van der Waals surface area contributed by atoms with Crippen molar-refractivity contribution in [2.45, 2.75) is 26.4 Å². The van der Waals surface area contributed by atoms with E-state index in [0.717, 1.165) is 11.3 Å². The van der Waals surface area contributed by atoms with Crippen LogP contribution in [-0.4, -0.2) is 23.8 Å². The topological polar surface area (TPSA) is 72.5 Å². The summed E-state index contributed by atoms with van der Waals surface area (Å²) < 4.78 is 5.26. The molecular formula is C17H17NO4S. The van der Waals surface area contributed by atoms with Gasteiger partial charge in [-0.05, 0) is 37.6 Å². The lowest BCUT2D eigenvalue weighted by molar-refractivity contribution is -0.124. The zero-order valence-electron chi connectivity index (χ0n) is 12.9. The summed E-state index contributed by atoms with van der Waals surface area (Å²) in [5.41, 5.74) is 0.641. The third-order valence-electron chi connectivity index (χ3n) is 3.11. The molecule has 1 heterocycles. The van der Waals surface area contributed by atoms with Crippen LogP contribution in [0.5, 0.6) is 0 Å². The Morgan fingerprint density at radius 3 is 2.30 bits per heavy atom. The maximum absolute atomic E-state index is 12.2. The summed E-state index contributed by atoms with van der Waals surface area (Å²) in [6.45, 7) is 3.20. The standard InChI is InChI=1S/C17H17NO4S/c1-3-13(16(20)18-12-7-5-4-6-8-12)22-17(21)15-10-9-14(23-15)11(2)19/h4-10,13H,3H2,1-2H3,(H,18,20). The molecular weight excluding hydrogens is 314 g/mol. The lowest BCUT2D eigenvalue weighted by Gasteiger charge is -2.15. The molecule has 1 amide bonds. The molecule has 0 aliphatic carbocycles. The van der Waals surface area contributed by atoms with Gasteiger partial charge in [0, 0.05) is 5.69 Å². The molecule has 2 aromatic rings. The third-order valence-corrected chi connectivity index (χ3v) is 4.27. The molecule has 1 aromatic carbocycles. The van der Waals surface area contributed by atoms with Crippen LogP contribution in [0.25, 0.3) is 0 Å². The van der Waals surface area contributed by atoms with E-state index in [0.29, 0.717) is 21.9 Å². The van der Waals surface area contributed by atoms with Gasteiger partial charge in [0.1, 0.15) is 4.88 Å². The number of anilines is 1. The molecule has 0 saturated heterocycles. The van der Waals surface area contributed by atoms with Crippen molar-refractivity contribution < 1.29 is 19.1 Å². The summed E-state index contributed by atoms with van der Waals surface area (Å²) in [5, 5.41) is 2.71. The van der Waals surface area contributed by atoms with E-state index in [1.165, 1.54) is 13.0 Å². The number of nitrogens with one attached hydrogen (secondary N) is 1. The Balaban J connectivity index is 2.01. The summed E-state index contributed by atoms with van der Waals surface area (Å²) in [5.74, 6) is -1.09. The minimum Gasteiger partial charge on any atom is -0.448 e. The van der Waals surface area contributed by atoms with Gasteiger partial charge in [-0.3, -0.25) is 9.59 Å². The molecule has 6 heteroatoms. The summed E-state index contributed by atoms with van der Waals surface area (Å²) in [4.78, 5) is 36.3. The van der Waals surface area contributed by atoms with E-state index < -0.39 is 12.1 Å². The fraction of sp³-hybridized carbons (Fsp3) is 0.235. The van der Waals surface area contributed by atoms with Crippen molar-refractivity contribution in [3.05, 3.63) is 52.2 Å². The fourth-order valence-corrected chi connectivity index (χ4v) is 2.67. The van der Waals surface area contributed by atoms with Crippen LogP contribution in [0.15, 0.2) is 42.5 Å². The van der Waals surface area contributed by atoms with Crippen molar-refractivity contribution >= 4 is 34.7 Å². The van der Waals surface area contributed by atoms with Crippen molar-refractivity contribution in [3.8, 4) is 0 Å². The number of thiophene rings is 1. The molecule has 1 unspecified atom stereocenters. The molecule has 0 spiro atoms. The van der Waals surface area contributed by atoms with Gasteiger partial charge in [0.15, 0.2) is 11.9 Å². The van der Waals surface area contributed by atoms with Gasteiger partial charge >= 0.3 is 5.97 Å². The molecule has 23 heavy (non-hydrogen) atoms. The van der Waals surface area contributed by atoms with Gasteiger partial charge < -0.3 is 10.1 Å². The number of rotatable bonds is 6. The normalized spacial score (nSPS) is 11.6. The summed E-state index contributed by atoms with van der Waals surface area (Å²) >= 11 is 1.06. The van der Waals surface area contributed by atoms with Gasteiger partial charge in [-0.1, -0.05) is 25.1 Å². The molecule has 0 bridgehead atoms. The predicted octanol–water partition coefficient (Wildman–Crippen LogP) is 3.52. The third kappa shape index (κ3) is 4.50. The number of hydrogen-bond acceptors (Lipinski definition) is 5. The lowest BCUT2D eigenvalue weighted by atomic mass is 10.2. The van der Waals surface area contributed by atoms with Gasteiger partial charge in [-0.2, -0.15) is 0 Å². The van der Waals surface area contributed by atoms with Gasteiger partial charge in [-0.25, -0.2) is 4.79 Å². The molecule has 0 aliphatic rings. The second kappa shape index (κ2) is 7.69. The zero-order chi connectivity index (χ0) is 16.8. The number of ketones is 1. The number of amides is 1. The molecule has 1 atom stereocenters. The fourth-order valence-electron chi connectivity index (χ4n) is 1.89. The first-order chi connectivity index (χ1) is 11.0. The number of benzene rings is 1. The SMILES string of the molecule is CCC(OC(=O)c1ccc(C(C)=O)s1)C(=O)Nc1ccccc1. The minimum absolute atomic E-state index is 0.108. The van der Waals surface area contributed by atoms with Crippen LogP contribution in [0.1, 0.15) is 39.6 Å². The van der Waals surface area contributed by atoms with Crippen LogP contribution >= 0.6 is 11.3 Å². The Kier molecular flexibility index (Phi) is 5.65. The summed E-state index contributed by atoms with van der Waals surface area (Å²) in [7, 11) is 0. The molecule has 1 aromatic heterocycles. The molecule has 0 fully saturated rings. The Morgan fingerprint density at radius 1 is 1.09 bits per heavy atom. The van der Waals surface area contributed by atoms with Crippen LogP contribution in [0.4, 0.5) is 5.69 Å². The first kappa shape index (κ1) is 16.9. The molecule has 1 N–H and O–H groups in total. The molecule has 0 saturated carbocycles. The average molecular weight is 331 g/mol.